The van der Waals surface area contributed by atoms with E-state index in [2.05, 4.69) is 5.32 Å². The van der Waals surface area contributed by atoms with Gasteiger partial charge in [0, 0.05) is 53.8 Å². The number of piperazine rings is 1. The molecule has 2 heterocycles. The van der Waals surface area contributed by atoms with E-state index in [4.69, 9.17) is 11.6 Å². The summed E-state index contributed by atoms with van der Waals surface area (Å²) in [6.07, 6.45) is -4.04. The van der Waals surface area contributed by atoms with Crippen LogP contribution in [0, 0.1) is 0 Å². The lowest BCUT2D eigenvalue weighted by Crippen LogP contribution is -2.50. The van der Waals surface area contributed by atoms with Gasteiger partial charge in [-0.05, 0) is 67.1 Å². The van der Waals surface area contributed by atoms with Crippen molar-refractivity contribution >= 4 is 44.8 Å². The van der Waals surface area contributed by atoms with E-state index in [0.717, 1.165) is 40.5 Å². The second-order valence-electron chi connectivity index (χ2n) is 8.50. The van der Waals surface area contributed by atoms with Crippen molar-refractivity contribution in [3.05, 3.63) is 87.3 Å². The molecule has 1 aliphatic heterocycles. The molecule has 0 saturated carbocycles. The van der Waals surface area contributed by atoms with Gasteiger partial charge < -0.3 is 10.2 Å². The van der Waals surface area contributed by atoms with Crippen LogP contribution >= 0.6 is 22.9 Å². The molecule has 1 N–H and O–H groups in total. The summed E-state index contributed by atoms with van der Waals surface area (Å²) in [6, 6.07) is 13.7. The van der Waals surface area contributed by atoms with Crippen molar-refractivity contribution in [1.29, 1.82) is 0 Å². The van der Waals surface area contributed by atoms with Gasteiger partial charge in [-0.1, -0.05) is 11.6 Å². The third kappa shape index (κ3) is 6.55. The monoisotopic (exact) mass is 585 g/mol. The van der Waals surface area contributed by atoms with Crippen LogP contribution in [0.4, 0.5) is 13.2 Å². The molecule has 0 atom stereocenters. The summed E-state index contributed by atoms with van der Waals surface area (Å²) in [7, 11) is -3.78. The minimum atomic E-state index is -4.49. The van der Waals surface area contributed by atoms with Crippen molar-refractivity contribution in [1.82, 2.24) is 14.5 Å². The molecular formula is C25H23ClF3N3O4S2. The first-order valence-electron chi connectivity index (χ1n) is 11.5. The third-order valence-corrected chi connectivity index (χ3v) is 9.74. The van der Waals surface area contributed by atoms with Crippen molar-refractivity contribution in [2.24, 2.45) is 0 Å². The molecular weight excluding hydrogens is 563 g/mol. The maximum Gasteiger partial charge on any atom is 0.416 e. The third-order valence-electron chi connectivity index (χ3n) is 5.98. The molecule has 0 aliphatic carbocycles. The molecule has 2 amide bonds. The predicted molar refractivity (Wildman–Crippen MR) is 138 cm³/mol. The predicted octanol–water partition coefficient (Wildman–Crippen LogP) is 4.54. The number of carbonyl (C=O) groups excluding carboxylic acids is 2. The standard InChI is InChI=1S/C25H23ClF3N3O4S2/c26-20-7-3-17(4-8-20)23(33)30-12-11-21-9-10-22(37-21)38(35,36)32-15-13-31(14-16-32)24(34)18-1-5-19(6-2-18)25(27,28)29/h1-10H,11-16H2,(H,30,33). The topological polar surface area (TPSA) is 86.8 Å². The summed E-state index contributed by atoms with van der Waals surface area (Å²) in [5, 5.41) is 3.32. The molecule has 4 rings (SSSR count). The molecule has 0 bridgehead atoms. The Morgan fingerprint density at radius 3 is 2.11 bits per heavy atom. The van der Waals surface area contributed by atoms with Gasteiger partial charge in [-0.2, -0.15) is 17.5 Å². The zero-order valence-corrected chi connectivity index (χ0v) is 22.3. The summed E-state index contributed by atoms with van der Waals surface area (Å²) < 4.78 is 66.0. The summed E-state index contributed by atoms with van der Waals surface area (Å²) in [4.78, 5) is 27.1. The highest BCUT2D eigenvalue weighted by Crippen LogP contribution is 2.30. The summed E-state index contributed by atoms with van der Waals surface area (Å²) >= 11 is 6.95. The van der Waals surface area contributed by atoms with Gasteiger partial charge in [0.1, 0.15) is 4.21 Å². The zero-order valence-electron chi connectivity index (χ0n) is 19.9. The number of nitrogens with zero attached hydrogens (tertiary/aromatic N) is 2. The molecule has 7 nitrogen and oxygen atoms in total. The van der Waals surface area contributed by atoms with Crippen LogP contribution in [0.25, 0.3) is 0 Å². The van der Waals surface area contributed by atoms with Gasteiger partial charge in [-0.15, -0.1) is 11.3 Å². The minimum absolute atomic E-state index is 0.0685. The Morgan fingerprint density at radius 1 is 0.895 bits per heavy atom. The zero-order chi connectivity index (χ0) is 27.5. The van der Waals surface area contributed by atoms with E-state index in [1.165, 1.54) is 15.3 Å². The van der Waals surface area contributed by atoms with Crippen molar-refractivity contribution < 1.29 is 31.2 Å². The van der Waals surface area contributed by atoms with Crippen LogP contribution in [0.2, 0.25) is 5.02 Å². The highest BCUT2D eigenvalue weighted by atomic mass is 35.5. The van der Waals surface area contributed by atoms with Crippen molar-refractivity contribution in [2.75, 3.05) is 32.7 Å². The lowest BCUT2D eigenvalue weighted by atomic mass is 10.1. The number of benzene rings is 2. The Balaban J connectivity index is 1.29. The van der Waals surface area contributed by atoms with Crippen molar-refractivity contribution in [3.63, 3.8) is 0 Å². The maximum atomic E-state index is 13.1. The fourth-order valence-corrected chi connectivity index (χ4v) is 6.93. The Morgan fingerprint density at radius 2 is 1.50 bits per heavy atom. The van der Waals surface area contributed by atoms with Gasteiger partial charge in [0.05, 0.1) is 5.56 Å². The number of alkyl halides is 3. The van der Waals surface area contributed by atoms with Crippen molar-refractivity contribution in [3.8, 4) is 0 Å². The van der Waals surface area contributed by atoms with Crippen LogP contribution in [-0.4, -0.2) is 62.2 Å². The molecule has 1 aliphatic rings. The normalized spacial score (nSPS) is 14.9. The van der Waals surface area contributed by atoms with Gasteiger partial charge in [0.2, 0.25) is 0 Å². The molecule has 13 heteroatoms. The first kappa shape index (κ1) is 28.1. The van der Waals surface area contributed by atoms with E-state index >= 15 is 0 Å². The molecule has 0 unspecified atom stereocenters. The van der Waals surface area contributed by atoms with Crippen LogP contribution in [-0.2, 0) is 22.6 Å². The van der Waals surface area contributed by atoms with E-state index < -0.39 is 27.7 Å². The van der Waals surface area contributed by atoms with Crippen LogP contribution in [0.5, 0.6) is 0 Å². The van der Waals surface area contributed by atoms with Gasteiger partial charge in [0.15, 0.2) is 0 Å². The fraction of sp³-hybridized carbons (Fsp3) is 0.280. The fourth-order valence-electron chi connectivity index (χ4n) is 3.88. The number of amides is 2. The number of hydrogen-bond acceptors (Lipinski definition) is 5. The first-order chi connectivity index (χ1) is 17.9. The molecule has 1 saturated heterocycles. The average molecular weight is 586 g/mol. The van der Waals surface area contributed by atoms with Gasteiger partial charge in [-0.25, -0.2) is 8.42 Å². The Kier molecular flexibility index (Phi) is 8.46. The lowest BCUT2D eigenvalue weighted by molar-refractivity contribution is -0.137. The van der Waals surface area contributed by atoms with Crippen LogP contribution in [0.3, 0.4) is 0 Å². The molecule has 0 spiro atoms. The number of carbonyl (C=O) groups is 2. The average Bonchev–Trinajstić information content (AvgIpc) is 3.38. The Bertz CT molecular complexity index is 1400. The molecule has 202 valence electrons. The molecule has 1 fully saturated rings. The highest BCUT2D eigenvalue weighted by molar-refractivity contribution is 7.91. The van der Waals surface area contributed by atoms with Gasteiger partial charge >= 0.3 is 6.18 Å². The highest BCUT2D eigenvalue weighted by Gasteiger charge is 2.33. The number of sulfonamides is 1. The van der Waals surface area contributed by atoms with E-state index in [1.807, 2.05) is 0 Å². The molecule has 2 aromatic carbocycles. The quantitative estimate of drug-likeness (QED) is 0.441. The van der Waals surface area contributed by atoms with E-state index in [9.17, 15) is 31.2 Å². The minimum Gasteiger partial charge on any atom is -0.352 e. The molecule has 3 aromatic rings. The summed E-state index contributed by atoms with van der Waals surface area (Å²) in [5.74, 6) is -0.704. The van der Waals surface area contributed by atoms with Gasteiger partial charge in [-0.3, -0.25) is 9.59 Å². The molecule has 0 radical (unpaired) electrons. The molecule has 1 aromatic heterocycles. The number of hydrogen-bond donors (Lipinski definition) is 1. The number of thiophene rings is 1. The van der Waals surface area contributed by atoms with Crippen LogP contribution < -0.4 is 5.32 Å². The van der Waals surface area contributed by atoms with E-state index in [1.54, 1.807) is 30.3 Å². The number of halogens is 4. The number of nitrogens with one attached hydrogen (secondary N) is 1. The second-order valence-corrected chi connectivity index (χ2v) is 12.3. The van der Waals surface area contributed by atoms with Crippen molar-refractivity contribution in [2.45, 2.75) is 16.8 Å². The second kappa shape index (κ2) is 11.4. The number of rotatable bonds is 7. The van der Waals surface area contributed by atoms with Crippen LogP contribution in [0.1, 0.15) is 31.2 Å². The van der Waals surface area contributed by atoms with Crippen LogP contribution in [0.15, 0.2) is 64.9 Å². The molecule has 38 heavy (non-hydrogen) atoms. The smallest absolute Gasteiger partial charge is 0.352 e. The Labute approximate surface area is 226 Å². The first-order valence-corrected chi connectivity index (χ1v) is 14.2. The van der Waals surface area contributed by atoms with E-state index in [-0.39, 0.29) is 41.9 Å². The largest absolute Gasteiger partial charge is 0.416 e. The lowest BCUT2D eigenvalue weighted by Gasteiger charge is -2.33. The van der Waals surface area contributed by atoms with E-state index in [0.29, 0.717) is 23.6 Å². The SMILES string of the molecule is O=C(NCCc1ccc(S(=O)(=O)N2CCN(C(=O)c3ccc(C(F)(F)F)cc3)CC2)s1)c1ccc(Cl)cc1. The Hall–Kier alpha value is -2.93. The summed E-state index contributed by atoms with van der Waals surface area (Å²) in [5.41, 5.74) is -0.260. The summed E-state index contributed by atoms with van der Waals surface area (Å²) in [6.45, 7) is 0.701. The maximum absolute atomic E-state index is 13.1. The van der Waals surface area contributed by atoms with Gasteiger partial charge in [0.25, 0.3) is 21.8 Å².